The number of hydrogen-bond acceptors (Lipinski definition) is 16. The molecule has 8 aromatic carbocycles. The van der Waals surface area contributed by atoms with Gasteiger partial charge in [-0.25, -0.2) is 0 Å². The number of ether oxygens (including phenoxy) is 16. The third-order valence-corrected chi connectivity index (χ3v) is 20.2. The fourth-order valence-corrected chi connectivity index (χ4v) is 15.4. The molecule has 6 aliphatic rings. The van der Waals surface area contributed by atoms with E-state index in [1.54, 1.807) is 28.4 Å². The van der Waals surface area contributed by atoms with Gasteiger partial charge in [0.1, 0.15) is 46.0 Å². The molecule has 24 bridgehead atoms. The Balaban J connectivity index is 1.10. The Morgan fingerprint density at radius 3 is 0.548 bits per heavy atom. The van der Waals surface area contributed by atoms with Crippen molar-refractivity contribution < 1.29 is 75.8 Å². The van der Waals surface area contributed by atoms with Crippen molar-refractivity contribution in [2.24, 2.45) is 0 Å². The first-order chi connectivity index (χ1) is 51.1. The van der Waals surface area contributed by atoms with Gasteiger partial charge in [-0.1, -0.05) is 27.7 Å². The molecule has 16 heteroatoms. The number of rotatable bonds is 16. The van der Waals surface area contributed by atoms with Gasteiger partial charge in [0.15, 0.2) is 0 Å². The molecule has 14 rings (SSSR count). The lowest BCUT2D eigenvalue weighted by molar-refractivity contribution is 0.0328. The fourth-order valence-electron chi connectivity index (χ4n) is 15.4. The molecule has 552 valence electrons. The Morgan fingerprint density at radius 2 is 0.385 bits per heavy atom. The summed E-state index contributed by atoms with van der Waals surface area (Å²) in [4.78, 5) is 0. The zero-order valence-corrected chi connectivity index (χ0v) is 62.4. The predicted molar refractivity (Wildman–Crippen MR) is 401 cm³/mol. The minimum absolute atomic E-state index is 0.292. The Bertz CT molecular complexity index is 3540. The minimum atomic E-state index is 0.292. The maximum absolute atomic E-state index is 7.13. The van der Waals surface area contributed by atoms with E-state index in [0.717, 1.165) is 205 Å². The van der Waals surface area contributed by atoms with Gasteiger partial charge in [0.25, 0.3) is 0 Å². The molecule has 0 amide bonds. The SMILES string of the molecule is CCCOc1c2cc3cc1Cc1cc4cc(c1OCCC)Cc1cc5cc(c1OCCC)Cc1cc(cc(c1OCCC)C2)COCCOCc1c2cc(OC)cc1Cc1cc(OC)cc(c1COCCOC5)Cc1cc(OC)cc(c1COCCOC4)Cc1cc(OC)cc(c1COCCOC3)C2. The molecule has 16 nitrogen and oxygen atoms in total. The lowest BCUT2D eigenvalue weighted by Gasteiger charge is -2.25. The van der Waals surface area contributed by atoms with E-state index in [1.165, 1.54) is 0 Å². The van der Waals surface area contributed by atoms with Gasteiger partial charge in [-0.05, 0) is 282 Å². The maximum Gasteiger partial charge on any atom is 0.126 e. The highest BCUT2D eigenvalue weighted by molar-refractivity contribution is 5.60. The van der Waals surface area contributed by atoms with Gasteiger partial charge in [0.2, 0.25) is 0 Å². The second-order valence-corrected chi connectivity index (χ2v) is 27.9. The van der Waals surface area contributed by atoms with E-state index in [0.29, 0.717) is 184 Å². The van der Waals surface area contributed by atoms with E-state index >= 15 is 0 Å². The van der Waals surface area contributed by atoms with Crippen LogP contribution in [0.25, 0.3) is 0 Å². The van der Waals surface area contributed by atoms with Crippen molar-refractivity contribution in [1.29, 1.82) is 0 Å². The van der Waals surface area contributed by atoms with Gasteiger partial charge in [-0.15, -0.1) is 0 Å². The summed E-state index contributed by atoms with van der Waals surface area (Å²) in [7, 11) is 6.95. The van der Waals surface area contributed by atoms with Gasteiger partial charge in [0, 0.05) is 25.7 Å². The first-order valence-electron chi connectivity index (χ1n) is 37.6. The highest BCUT2D eigenvalue weighted by Crippen LogP contribution is 2.44. The zero-order valence-electron chi connectivity index (χ0n) is 62.4. The van der Waals surface area contributed by atoms with E-state index in [2.05, 4.69) is 125 Å². The van der Waals surface area contributed by atoms with Crippen LogP contribution in [0, 0.1) is 0 Å². The van der Waals surface area contributed by atoms with Crippen LogP contribution in [0.2, 0.25) is 0 Å². The Hall–Kier alpha value is -8.16. The third-order valence-electron chi connectivity index (χ3n) is 20.2. The summed E-state index contributed by atoms with van der Waals surface area (Å²) in [5, 5.41) is 0. The topological polar surface area (TPSA) is 148 Å². The molecule has 4 aliphatic heterocycles. The Morgan fingerprint density at radius 1 is 0.221 bits per heavy atom. The van der Waals surface area contributed by atoms with Crippen LogP contribution in [-0.2, 0) is 142 Å². The highest BCUT2D eigenvalue weighted by Gasteiger charge is 2.29. The Kier molecular flexibility index (Phi) is 25.8. The maximum atomic E-state index is 7.13. The molecule has 0 radical (unpaired) electrons. The van der Waals surface area contributed by atoms with E-state index < -0.39 is 0 Å². The summed E-state index contributed by atoms with van der Waals surface area (Å²) >= 11 is 0. The smallest absolute Gasteiger partial charge is 0.126 e. The molecule has 0 atom stereocenters. The van der Waals surface area contributed by atoms with Gasteiger partial charge in [0.05, 0.1) is 161 Å². The first-order valence-corrected chi connectivity index (χ1v) is 37.6. The van der Waals surface area contributed by atoms with Crippen molar-refractivity contribution in [1.82, 2.24) is 0 Å². The molecule has 0 spiro atoms. The lowest BCUT2D eigenvalue weighted by atomic mass is 9.84. The number of hydrogen-bond donors (Lipinski definition) is 0. The summed E-state index contributed by atoms with van der Waals surface area (Å²) in [5.74, 6) is 6.30. The van der Waals surface area contributed by atoms with Crippen LogP contribution >= 0.6 is 0 Å². The van der Waals surface area contributed by atoms with Crippen LogP contribution < -0.4 is 37.9 Å². The van der Waals surface area contributed by atoms with Crippen molar-refractivity contribution in [3.8, 4) is 46.0 Å². The summed E-state index contributed by atoms with van der Waals surface area (Å²) in [5.41, 5.74) is 24.8. The van der Waals surface area contributed by atoms with Gasteiger partial charge < -0.3 is 75.8 Å². The quantitative estimate of drug-likeness (QED) is 0.0902. The summed E-state index contributed by atoms with van der Waals surface area (Å²) < 4.78 is 109. The average molecular weight is 1420 g/mol. The molecular weight excluding hydrogens is 1310 g/mol. The standard InChI is InChI=1S/C88H104O16/c1-9-13-101-85-69-25-57-26-70(85)38-72-28-59-30-74(87(72)103-15-11-3)40-76-32-60-31-75(88(76)104-16-12-4)39-73-29-58(27-71(37-69)86(73)102-14-10-2)50-94-18-22-98-54-82-63-33-61-41-77(89-5)42-62(81(61)53-97-21-17-93-49-57)34-64-44-79(91-7)46-66(83(64)55-99-23-19-95-51-59)36-68-48-80(92-8)47-67(35-65(82)45-78(43-63)90-6)84(68)56-100-24-20-96-52-60/h25-32,41-48H,9-24,33-40,49-56H2,1-8H3. The van der Waals surface area contributed by atoms with Crippen molar-refractivity contribution in [2.45, 2.75) is 158 Å². The highest BCUT2D eigenvalue weighted by atomic mass is 16.5. The molecule has 8 aromatic rings. The average Bonchev–Trinajstić information content (AvgIpc) is 0.773. The van der Waals surface area contributed by atoms with Crippen molar-refractivity contribution >= 4 is 0 Å². The molecule has 4 heterocycles. The Labute approximate surface area is 614 Å². The van der Waals surface area contributed by atoms with Crippen LogP contribution in [0.3, 0.4) is 0 Å². The number of benzene rings is 8. The van der Waals surface area contributed by atoms with Gasteiger partial charge in [-0.3, -0.25) is 0 Å². The molecular formula is C88H104O16. The molecule has 0 unspecified atom stereocenters. The second kappa shape index (κ2) is 36.2. The fraction of sp³-hybridized carbons (Fsp3) is 0.455. The van der Waals surface area contributed by atoms with E-state index in [-0.39, 0.29) is 0 Å². The molecule has 0 saturated heterocycles. The van der Waals surface area contributed by atoms with E-state index in [9.17, 15) is 0 Å². The van der Waals surface area contributed by atoms with Crippen LogP contribution in [0.15, 0.2) is 97.1 Å². The minimum Gasteiger partial charge on any atom is -0.497 e. The normalized spacial score (nSPS) is 15.9. The third kappa shape index (κ3) is 18.0. The van der Waals surface area contributed by atoms with Gasteiger partial charge >= 0.3 is 0 Å². The summed E-state index contributed by atoms with van der Waals surface area (Å²) in [6, 6.07) is 35.5. The largest absolute Gasteiger partial charge is 0.497 e. The van der Waals surface area contributed by atoms with Crippen LogP contribution in [0.4, 0.5) is 0 Å². The molecule has 0 aromatic heterocycles. The van der Waals surface area contributed by atoms with E-state index in [4.69, 9.17) is 75.8 Å². The van der Waals surface area contributed by atoms with Crippen LogP contribution in [0.5, 0.6) is 46.0 Å². The predicted octanol–water partition coefficient (Wildman–Crippen LogP) is 16.1. The van der Waals surface area contributed by atoms with Gasteiger partial charge in [-0.2, -0.15) is 0 Å². The zero-order chi connectivity index (χ0) is 71.7. The number of fused-ring (bicyclic) bond motifs is 20. The second-order valence-electron chi connectivity index (χ2n) is 27.9. The molecule has 0 fully saturated rings. The van der Waals surface area contributed by atoms with Crippen LogP contribution in [-0.4, -0.2) is 108 Å². The summed E-state index contributed by atoms with van der Waals surface area (Å²) in [6.45, 7) is 15.8. The molecule has 0 N–H and O–H groups in total. The van der Waals surface area contributed by atoms with Crippen molar-refractivity contribution in [2.75, 3.05) is 108 Å². The summed E-state index contributed by atoms with van der Waals surface area (Å²) in [6.07, 6.45) is 7.21. The first kappa shape index (κ1) is 74.1. The van der Waals surface area contributed by atoms with Crippen molar-refractivity contribution in [3.63, 3.8) is 0 Å². The van der Waals surface area contributed by atoms with E-state index in [1.807, 2.05) is 0 Å². The monoisotopic (exact) mass is 1420 g/mol. The van der Waals surface area contributed by atoms with Crippen molar-refractivity contribution in [3.05, 3.63) is 231 Å². The molecule has 2 aliphatic carbocycles. The number of methoxy groups -OCH3 is 4. The molecule has 0 saturated carbocycles. The molecule has 104 heavy (non-hydrogen) atoms. The lowest BCUT2D eigenvalue weighted by Crippen LogP contribution is -2.15. The van der Waals surface area contributed by atoms with Crippen LogP contribution in [0.1, 0.15) is 187 Å².